The molecule has 1 N–H and O–H groups in total. The lowest BCUT2D eigenvalue weighted by Gasteiger charge is -2.12. The molecular weight excluding hydrogens is 232 g/mol. The Hall–Kier alpha value is -2.17. The summed E-state index contributed by atoms with van der Waals surface area (Å²) in [5.41, 5.74) is 2.47. The summed E-state index contributed by atoms with van der Waals surface area (Å²) < 4.78 is 0. The van der Waals surface area contributed by atoms with E-state index in [9.17, 15) is 14.4 Å². The van der Waals surface area contributed by atoms with Crippen molar-refractivity contribution in [2.75, 3.05) is 13.1 Å². The largest absolute Gasteiger partial charge is 0.329 e. The molecule has 1 aliphatic heterocycles. The Bertz CT molecular complexity index is 521. The SMILES string of the molecule is Cc1ccc(C(=O)CN2C(=O)CNC2=O)c(C)c1. The van der Waals surface area contributed by atoms with Crippen LogP contribution in [0.15, 0.2) is 18.2 Å². The monoisotopic (exact) mass is 246 g/mol. The maximum atomic E-state index is 12.1. The van der Waals surface area contributed by atoms with Gasteiger partial charge in [-0.15, -0.1) is 0 Å². The summed E-state index contributed by atoms with van der Waals surface area (Å²) in [4.78, 5) is 35.7. The zero-order chi connectivity index (χ0) is 13.3. The molecule has 5 heteroatoms. The van der Waals surface area contributed by atoms with Crippen LogP contribution in [-0.4, -0.2) is 35.7 Å². The minimum Gasteiger partial charge on any atom is -0.329 e. The molecule has 1 saturated heterocycles. The molecule has 1 aromatic carbocycles. The topological polar surface area (TPSA) is 66.5 Å². The predicted molar refractivity (Wildman–Crippen MR) is 65.4 cm³/mol. The number of Topliss-reactive ketones (excluding diaryl/α,β-unsaturated/α-hetero) is 1. The summed E-state index contributed by atoms with van der Waals surface area (Å²) in [7, 11) is 0. The molecular formula is C13H14N2O3. The molecule has 18 heavy (non-hydrogen) atoms. The van der Waals surface area contributed by atoms with Crippen molar-refractivity contribution in [3.05, 3.63) is 34.9 Å². The van der Waals surface area contributed by atoms with Crippen molar-refractivity contribution < 1.29 is 14.4 Å². The summed E-state index contributed by atoms with van der Waals surface area (Å²) >= 11 is 0. The molecule has 0 bridgehead atoms. The van der Waals surface area contributed by atoms with Gasteiger partial charge in [-0.3, -0.25) is 14.5 Å². The third kappa shape index (κ3) is 2.25. The highest BCUT2D eigenvalue weighted by molar-refractivity contribution is 6.08. The van der Waals surface area contributed by atoms with Crippen LogP contribution >= 0.6 is 0 Å². The highest BCUT2D eigenvalue weighted by atomic mass is 16.2. The Morgan fingerprint density at radius 3 is 2.61 bits per heavy atom. The van der Waals surface area contributed by atoms with E-state index in [0.717, 1.165) is 16.0 Å². The van der Waals surface area contributed by atoms with E-state index < -0.39 is 6.03 Å². The number of carbonyl (C=O) groups is 3. The first-order valence-corrected chi connectivity index (χ1v) is 5.67. The van der Waals surface area contributed by atoms with Crippen LogP contribution in [0.5, 0.6) is 0 Å². The van der Waals surface area contributed by atoms with E-state index in [1.807, 2.05) is 26.0 Å². The Morgan fingerprint density at radius 2 is 2.06 bits per heavy atom. The first-order chi connectivity index (χ1) is 8.49. The number of urea groups is 1. The van der Waals surface area contributed by atoms with Gasteiger partial charge in [-0.2, -0.15) is 0 Å². The smallest absolute Gasteiger partial charge is 0.325 e. The molecule has 0 unspecified atom stereocenters. The number of imide groups is 1. The highest BCUT2D eigenvalue weighted by Gasteiger charge is 2.30. The van der Waals surface area contributed by atoms with E-state index in [2.05, 4.69) is 5.32 Å². The van der Waals surface area contributed by atoms with Crippen LogP contribution in [0.25, 0.3) is 0 Å². The second kappa shape index (κ2) is 4.60. The minimum atomic E-state index is -0.502. The van der Waals surface area contributed by atoms with Crippen LogP contribution in [0, 0.1) is 13.8 Å². The first kappa shape index (κ1) is 12.3. The van der Waals surface area contributed by atoms with Crippen molar-refractivity contribution >= 4 is 17.7 Å². The number of nitrogens with one attached hydrogen (secondary N) is 1. The maximum Gasteiger partial charge on any atom is 0.325 e. The molecule has 0 radical (unpaired) electrons. The van der Waals surface area contributed by atoms with Gasteiger partial charge >= 0.3 is 6.03 Å². The third-order valence-corrected chi connectivity index (χ3v) is 2.92. The molecule has 2 rings (SSSR count). The number of amides is 3. The summed E-state index contributed by atoms with van der Waals surface area (Å²) in [6.45, 7) is 3.55. The number of hydrogen-bond acceptors (Lipinski definition) is 3. The van der Waals surface area contributed by atoms with Crippen molar-refractivity contribution in [2.24, 2.45) is 0 Å². The number of carbonyl (C=O) groups excluding carboxylic acids is 3. The Balaban J connectivity index is 2.17. The molecule has 0 atom stereocenters. The average molecular weight is 246 g/mol. The molecule has 5 nitrogen and oxygen atoms in total. The van der Waals surface area contributed by atoms with Gasteiger partial charge in [0.15, 0.2) is 5.78 Å². The van der Waals surface area contributed by atoms with Crippen LogP contribution in [0.1, 0.15) is 21.5 Å². The summed E-state index contributed by atoms with van der Waals surface area (Å²) in [5.74, 6) is -0.587. The van der Waals surface area contributed by atoms with Crippen molar-refractivity contribution in [1.82, 2.24) is 10.2 Å². The second-order valence-electron chi connectivity index (χ2n) is 4.38. The lowest BCUT2D eigenvalue weighted by molar-refractivity contribution is -0.124. The van der Waals surface area contributed by atoms with Gasteiger partial charge in [-0.05, 0) is 19.4 Å². The molecule has 1 aliphatic rings. The molecule has 0 aliphatic carbocycles. The van der Waals surface area contributed by atoms with E-state index in [1.165, 1.54) is 0 Å². The van der Waals surface area contributed by atoms with Crippen LogP contribution in [0.4, 0.5) is 4.79 Å². The minimum absolute atomic E-state index is 0.0288. The highest BCUT2D eigenvalue weighted by Crippen LogP contribution is 2.12. The summed E-state index contributed by atoms with van der Waals surface area (Å²) in [5, 5.41) is 2.39. The van der Waals surface area contributed by atoms with Gasteiger partial charge in [0, 0.05) is 5.56 Å². The van der Waals surface area contributed by atoms with E-state index in [4.69, 9.17) is 0 Å². The number of ketones is 1. The average Bonchev–Trinajstić information content (AvgIpc) is 2.60. The quantitative estimate of drug-likeness (QED) is 0.640. The van der Waals surface area contributed by atoms with Crippen LogP contribution in [0.3, 0.4) is 0 Å². The van der Waals surface area contributed by atoms with Crippen LogP contribution in [0.2, 0.25) is 0 Å². The Labute approximate surface area is 105 Å². The lowest BCUT2D eigenvalue weighted by Crippen LogP contribution is -2.35. The number of rotatable bonds is 3. The molecule has 1 heterocycles. The van der Waals surface area contributed by atoms with Crippen molar-refractivity contribution in [1.29, 1.82) is 0 Å². The fourth-order valence-electron chi connectivity index (χ4n) is 1.97. The van der Waals surface area contributed by atoms with Crippen LogP contribution < -0.4 is 5.32 Å². The molecule has 1 fully saturated rings. The van der Waals surface area contributed by atoms with Gasteiger partial charge in [0.05, 0.1) is 13.1 Å². The third-order valence-electron chi connectivity index (χ3n) is 2.92. The van der Waals surface area contributed by atoms with E-state index in [1.54, 1.807) is 6.07 Å². The van der Waals surface area contributed by atoms with Gasteiger partial charge in [0.25, 0.3) is 0 Å². The first-order valence-electron chi connectivity index (χ1n) is 5.67. The Morgan fingerprint density at radius 1 is 1.33 bits per heavy atom. The van der Waals surface area contributed by atoms with Gasteiger partial charge in [0.2, 0.25) is 5.91 Å². The molecule has 0 spiro atoms. The fourth-order valence-corrected chi connectivity index (χ4v) is 1.97. The van der Waals surface area contributed by atoms with Crippen molar-refractivity contribution in [3.8, 4) is 0 Å². The van der Waals surface area contributed by atoms with Gasteiger partial charge in [-0.25, -0.2) is 4.79 Å². The van der Waals surface area contributed by atoms with Gasteiger partial charge in [0.1, 0.15) is 0 Å². The van der Waals surface area contributed by atoms with Gasteiger partial charge in [-0.1, -0.05) is 23.8 Å². The molecule has 0 aromatic heterocycles. The van der Waals surface area contributed by atoms with E-state index >= 15 is 0 Å². The number of nitrogens with zero attached hydrogens (tertiary/aromatic N) is 1. The number of aryl methyl sites for hydroxylation is 2. The number of benzene rings is 1. The zero-order valence-electron chi connectivity index (χ0n) is 10.3. The molecule has 1 aromatic rings. The normalized spacial score (nSPS) is 14.9. The summed E-state index contributed by atoms with van der Waals surface area (Å²) in [6.07, 6.45) is 0. The zero-order valence-corrected chi connectivity index (χ0v) is 10.3. The fraction of sp³-hybridized carbons (Fsp3) is 0.308. The predicted octanol–water partition coefficient (Wildman–Crippen LogP) is 1.04. The standard InChI is InChI=1S/C13H14N2O3/c1-8-3-4-10(9(2)5-8)11(16)7-15-12(17)6-14-13(15)18/h3-5H,6-7H2,1-2H3,(H,14,18). The lowest BCUT2D eigenvalue weighted by atomic mass is 10.0. The van der Waals surface area contributed by atoms with E-state index in [-0.39, 0.29) is 24.8 Å². The summed E-state index contributed by atoms with van der Waals surface area (Å²) in [6, 6.07) is 4.97. The molecule has 0 saturated carbocycles. The maximum absolute atomic E-state index is 12.1. The van der Waals surface area contributed by atoms with E-state index in [0.29, 0.717) is 5.56 Å². The van der Waals surface area contributed by atoms with Gasteiger partial charge < -0.3 is 5.32 Å². The van der Waals surface area contributed by atoms with Crippen LogP contribution in [-0.2, 0) is 4.79 Å². The van der Waals surface area contributed by atoms with Crippen molar-refractivity contribution in [3.63, 3.8) is 0 Å². The second-order valence-corrected chi connectivity index (χ2v) is 4.38. The molecule has 94 valence electrons. The molecule has 3 amide bonds. The van der Waals surface area contributed by atoms with Crippen molar-refractivity contribution in [2.45, 2.75) is 13.8 Å². The Kier molecular flexibility index (Phi) is 3.14. The number of hydrogen-bond donors (Lipinski definition) is 1.